The van der Waals surface area contributed by atoms with Crippen LogP contribution in [0.25, 0.3) is 0 Å². The summed E-state index contributed by atoms with van der Waals surface area (Å²) in [6.07, 6.45) is 0.655. The molecule has 16 heavy (non-hydrogen) atoms. The van der Waals surface area contributed by atoms with E-state index in [-0.39, 0.29) is 23.3 Å². The summed E-state index contributed by atoms with van der Waals surface area (Å²) in [5, 5.41) is 11.9. The molecule has 86 valence electrons. The van der Waals surface area contributed by atoms with E-state index in [0.29, 0.717) is 19.6 Å². The van der Waals surface area contributed by atoms with Crippen LogP contribution >= 0.6 is 0 Å². The lowest BCUT2D eigenvalue weighted by molar-refractivity contribution is -0.119. The van der Waals surface area contributed by atoms with Gasteiger partial charge in [0.05, 0.1) is 18.2 Å². The van der Waals surface area contributed by atoms with E-state index in [0.717, 1.165) is 12.1 Å². The first kappa shape index (κ1) is 10.9. The average Bonchev–Trinajstić information content (AvgIpc) is 2.76. The minimum Gasteiger partial charge on any atom is -0.506 e. The molecule has 1 aromatic rings. The predicted octanol–water partition coefficient (Wildman–Crippen LogP) is 1.51. The third-order valence-electron chi connectivity index (χ3n) is 2.52. The van der Waals surface area contributed by atoms with Gasteiger partial charge in [0.2, 0.25) is 5.91 Å². The molecule has 2 rings (SSSR count). The molecule has 1 amide bonds. The lowest BCUT2D eigenvalue weighted by atomic mass is 10.1. The number of hydrogen-bond donors (Lipinski definition) is 2. The van der Waals surface area contributed by atoms with Crippen LogP contribution in [0.4, 0.5) is 10.1 Å². The molecule has 0 spiro atoms. The van der Waals surface area contributed by atoms with Gasteiger partial charge in [-0.3, -0.25) is 4.79 Å². The third-order valence-corrected chi connectivity index (χ3v) is 2.52. The van der Waals surface area contributed by atoms with Gasteiger partial charge < -0.3 is 15.2 Å². The Balaban J connectivity index is 2.07. The molecule has 1 saturated heterocycles. The van der Waals surface area contributed by atoms with Gasteiger partial charge in [0.25, 0.3) is 0 Å². The number of phenolic OH excluding ortho intramolecular Hbond substituents is 1. The minimum atomic E-state index is -0.504. The highest BCUT2D eigenvalue weighted by Gasteiger charge is 2.24. The van der Waals surface area contributed by atoms with Crippen LogP contribution in [-0.2, 0) is 9.53 Å². The number of carbonyl (C=O) groups excluding carboxylic acids is 1. The fourth-order valence-corrected chi connectivity index (χ4v) is 1.58. The molecule has 0 saturated carbocycles. The second-order valence-corrected chi connectivity index (χ2v) is 3.71. The van der Waals surface area contributed by atoms with Crippen molar-refractivity contribution in [2.75, 3.05) is 18.5 Å². The largest absolute Gasteiger partial charge is 0.506 e. The molecule has 1 aliphatic heterocycles. The first-order chi connectivity index (χ1) is 7.66. The molecule has 0 aromatic heterocycles. The average molecular weight is 225 g/mol. The lowest BCUT2D eigenvalue weighted by Crippen LogP contribution is -2.22. The second kappa shape index (κ2) is 4.49. The van der Waals surface area contributed by atoms with E-state index < -0.39 is 5.82 Å². The topological polar surface area (TPSA) is 58.6 Å². The number of hydrogen-bond acceptors (Lipinski definition) is 3. The minimum absolute atomic E-state index is 0.0944. The van der Waals surface area contributed by atoms with Crippen molar-refractivity contribution in [3.63, 3.8) is 0 Å². The predicted molar refractivity (Wildman–Crippen MR) is 55.6 cm³/mol. The molecule has 0 radical (unpaired) electrons. The summed E-state index contributed by atoms with van der Waals surface area (Å²) in [7, 11) is 0. The zero-order chi connectivity index (χ0) is 11.5. The van der Waals surface area contributed by atoms with Crippen molar-refractivity contribution in [2.45, 2.75) is 6.42 Å². The number of nitrogens with one attached hydrogen (secondary N) is 1. The van der Waals surface area contributed by atoms with Crippen LogP contribution in [0.1, 0.15) is 6.42 Å². The highest BCUT2D eigenvalue weighted by atomic mass is 19.1. The summed E-state index contributed by atoms with van der Waals surface area (Å²) >= 11 is 0. The highest BCUT2D eigenvalue weighted by molar-refractivity contribution is 5.94. The molecule has 1 aliphatic rings. The van der Waals surface area contributed by atoms with Crippen LogP contribution in [0.15, 0.2) is 18.2 Å². The number of carbonyl (C=O) groups is 1. The van der Waals surface area contributed by atoms with Crippen molar-refractivity contribution in [1.29, 1.82) is 0 Å². The molecule has 0 unspecified atom stereocenters. The van der Waals surface area contributed by atoms with Gasteiger partial charge >= 0.3 is 0 Å². The maximum absolute atomic E-state index is 12.9. The first-order valence-electron chi connectivity index (χ1n) is 5.04. The Kier molecular flexibility index (Phi) is 3.05. The number of anilines is 1. The standard InChI is InChI=1S/C11H12FNO3/c12-8-1-2-10(14)9(5-8)13-11(15)7-3-4-16-6-7/h1-2,5,7,14H,3-4,6H2,(H,13,15)/t7-/m1/s1. The number of rotatable bonds is 2. The number of ether oxygens (including phenoxy) is 1. The molecule has 1 heterocycles. The summed E-state index contributed by atoms with van der Waals surface area (Å²) < 4.78 is 18.0. The fraction of sp³-hybridized carbons (Fsp3) is 0.364. The van der Waals surface area contributed by atoms with E-state index in [1.54, 1.807) is 0 Å². The van der Waals surface area contributed by atoms with Crippen molar-refractivity contribution < 1.29 is 19.0 Å². The highest BCUT2D eigenvalue weighted by Crippen LogP contribution is 2.25. The number of aromatic hydroxyl groups is 1. The van der Waals surface area contributed by atoms with E-state index >= 15 is 0 Å². The summed E-state index contributed by atoms with van der Waals surface area (Å²) in [5.74, 6) is -1.12. The Bertz CT molecular complexity index is 402. The molecular weight excluding hydrogens is 213 g/mol. The van der Waals surface area contributed by atoms with Crippen molar-refractivity contribution >= 4 is 11.6 Å². The van der Waals surface area contributed by atoms with Crippen molar-refractivity contribution in [1.82, 2.24) is 0 Å². The third kappa shape index (κ3) is 2.30. The molecule has 0 bridgehead atoms. The Hall–Kier alpha value is -1.62. The van der Waals surface area contributed by atoms with Gasteiger partial charge in [-0.1, -0.05) is 0 Å². The van der Waals surface area contributed by atoms with E-state index in [4.69, 9.17) is 4.74 Å². The van der Waals surface area contributed by atoms with Gasteiger partial charge in [0, 0.05) is 12.7 Å². The van der Waals surface area contributed by atoms with Crippen molar-refractivity contribution in [2.24, 2.45) is 5.92 Å². The maximum Gasteiger partial charge on any atom is 0.230 e. The Morgan fingerprint density at radius 2 is 2.38 bits per heavy atom. The quantitative estimate of drug-likeness (QED) is 0.750. The van der Waals surface area contributed by atoms with Crippen LogP contribution in [0.3, 0.4) is 0 Å². The molecule has 2 N–H and O–H groups in total. The monoisotopic (exact) mass is 225 g/mol. The van der Waals surface area contributed by atoms with Crippen LogP contribution in [0, 0.1) is 11.7 Å². The van der Waals surface area contributed by atoms with Gasteiger partial charge in [-0.15, -0.1) is 0 Å². The van der Waals surface area contributed by atoms with Crippen LogP contribution in [0.2, 0.25) is 0 Å². The molecule has 4 nitrogen and oxygen atoms in total. The number of benzene rings is 1. The number of amides is 1. The Morgan fingerprint density at radius 1 is 1.56 bits per heavy atom. The molecule has 0 aliphatic carbocycles. The smallest absolute Gasteiger partial charge is 0.230 e. The van der Waals surface area contributed by atoms with Crippen LogP contribution in [0.5, 0.6) is 5.75 Å². The van der Waals surface area contributed by atoms with Crippen molar-refractivity contribution in [3.05, 3.63) is 24.0 Å². The molecule has 1 atom stereocenters. The normalized spacial score (nSPS) is 19.7. The summed E-state index contributed by atoms with van der Waals surface area (Å²) in [6, 6.07) is 3.42. The molecule has 5 heteroatoms. The second-order valence-electron chi connectivity index (χ2n) is 3.71. The number of phenols is 1. The van der Waals surface area contributed by atoms with Gasteiger partial charge in [-0.25, -0.2) is 4.39 Å². The summed E-state index contributed by atoms with van der Waals surface area (Å²) in [6.45, 7) is 0.940. The number of halogens is 1. The SMILES string of the molecule is O=C(Nc1cc(F)ccc1O)[C@@H]1CCOC1. The van der Waals surface area contributed by atoms with Crippen molar-refractivity contribution in [3.8, 4) is 5.75 Å². The fourth-order valence-electron chi connectivity index (χ4n) is 1.58. The van der Waals surface area contributed by atoms with Gasteiger partial charge in [-0.2, -0.15) is 0 Å². The first-order valence-corrected chi connectivity index (χ1v) is 5.04. The van der Waals surface area contributed by atoms with E-state index in [1.165, 1.54) is 6.07 Å². The zero-order valence-electron chi connectivity index (χ0n) is 8.57. The van der Waals surface area contributed by atoms with E-state index in [9.17, 15) is 14.3 Å². The van der Waals surface area contributed by atoms with Crippen LogP contribution in [-0.4, -0.2) is 24.2 Å². The maximum atomic E-state index is 12.9. The van der Waals surface area contributed by atoms with Gasteiger partial charge in [0.1, 0.15) is 11.6 Å². The zero-order valence-corrected chi connectivity index (χ0v) is 8.57. The lowest BCUT2D eigenvalue weighted by Gasteiger charge is -2.10. The molecule has 1 aromatic carbocycles. The molecule has 1 fully saturated rings. The van der Waals surface area contributed by atoms with Gasteiger partial charge in [0.15, 0.2) is 0 Å². The van der Waals surface area contributed by atoms with Crippen LogP contribution < -0.4 is 5.32 Å². The summed E-state index contributed by atoms with van der Waals surface area (Å²) in [5.41, 5.74) is 0.0944. The van der Waals surface area contributed by atoms with E-state index in [2.05, 4.69) is 5.32 Å². The van der Waals surface area contributed by atoms with E-state index in [1.807, 2.05) is 0 Å². The van der Waals surface area contributed by atoms with Gasteiger partial charge in [-0.05, 0) is 18.6 Å². The summed E-state index contributed by atoms with van der Waals surface area (Å²) in [4.78, 5) is 11.7. The Labute approximate surface area is 92.0 Å². The Morgan fingerprint density at radius 3 is 3.06 bits per heavy atom. The molecular formula is C11H12FNO3.